The number of nitrogens with one attached hydrogen (secondary N) is 1. The number of nitrogens with two attached hydrogens (primary N) is 1. The number of ether oxygens (including phenoxy) is 2. The third-order valence-electron chi connectivity index (χ3n) is 4.28. The molecule has 7 nitrogen and oxygen atoms in total. The summed E-state index contributed by atoms with van der Waals surface area (Å²) in [7, 11) is 0. The Morgan fingerprint density at radius 2 is 1.86 bits per heavy atom. The van der Waals surface area contributed by atoms with Gasteiger partial charge in [0.25, 0.3) is 5.91 Å². The predicted octanol–water partition coefficient (Wildman–Crippen LogP) is 0.747. The Bertz CT molecular complexity index is 372. The fourth-order valence-electron chi connectivity index (χ4n) is 3.01. The molecule has 1 unspecified atom stereocenters. The highest BCUT2D eigenvalue weighted by Gasteiger charge is 2.38. The molecule has 120 valence electrons. The quantitative estimate of drug-likeness (QED) is 0.308. The van der Waals surface area contributed by atoms with Gasteiger partial charge in [-0.15, -0.1) is 0 Å². The summed E-state index contributed by atoms with van der Waals surface area (Å²) in [6, 6.07) is 0. The second kappa shape index (κ2) is 7.61. The van der Waals surface area contributed by atoms with Gasteiger partial charge in [0.1, 0.15) is 5.54 Å². The summed E-state index contributed by atoms with van der Waals surface area (Å²) >= 11 is 0. The molecule has 0 aromatic carbocycles. The molecule has 0 bridgehead atoms. The van der Waals surface area contributed by atoms with Gasteiger partial charge in [-0.1, -0.05) is 37.3 Å². The summed E-state index contributed by atoms with van der Waals surface area (Å²) in [4.78, 5) is 12.4. The van der Waals surface area contributed by atoms with E-state index in [4.69, 9.17) is 20.4 Å². The molecule has 1 heterocycles. The van der Waals surface area contributed by atoms with Crippen molar-refractivity contribution in [3.05, 3.63) is 0 Å². The van der Waals surface area contributed by atoms with Crippen molar-refractivity contribution in [2.75, 3.05) is 19.8 Å². The Morgan fingerprint density at radius 1 is 1.19 bits per heavy atom. The molecule has 1 saturated carbocycles. The third-order valence-corrected chi connectivity index (χ3v) is 4.28. The minimum atomic E-state index is -0.771. The average Bonchev–Trinajstić information content (AvgIpc) is 2.50. The molecule has 1 aliphatic heterocycles. The molecule has 1 amide bonds. The second-order valence-corrected chi connectivity index (χ2v) is 5.76. The normalized spacial score (nSPS) is 27.4. The molecule has 0 spiro atoms. The lowest BCUT2D eigenvalue weighted by Crippen LogP contribution is -2.60. The number of rotatable bonds is 3. The third kappa shape index (κ3) is 4.07. The van der Waals surface area contributed by atoms with E-state index in [1.54, 1.807) is 0 Å². The number of hydrogen-bond acceptors (Lipinski definition) is 5. The lowest BCUT2D eigenvalue weighted by Gasteiger charge is -2.36. The van der Waals surface area contributed by atoms with Crippen LogP contribution in [0, 0.1) is 0 Å². The first-order chi connectivity index (χ1) is 10.2. The van der Waals surface area contributed by atoms with Gasteiger partial charge in [-0.2, -0.15) is 0 Å². The van der Waals surface area contributed by atoms with E-state index < -0.39 is 11.6 Å². The maximum Gasteiger partial charge on any atom is 0.252 e. The zero-order chi connectivity index (χ0) is 15.1. The van der Waals surface area contributed by atoms with Gasteiger partial charge in [0, 0.05) is 0 Å². The highest BCUT2D eigenvalue weighted by atomic mass is 16.6. The van der Waals surface area contributed by atoms with Crippen molar-refractivity contribution in [3.63, 3.8) is 0 Å². The van der Waals surface area contributed by atoms with Crippen LogP contribution in [0.5, 0.6) is 0 Å². The molecular formula is C14H25N3O4. The zero-order valence-electron chi connectivity index (χ0n) is 12.3. The molecule has 2 fully saturated rings. The van der Waals surface area contributed by atoms with Gasteiger partial charge in [0.2, 0.25) is 0 Å². The number of oxime groups is 1. The van der Waals surface area contributed by atoms with Gasteiger partial charge in [-0.05, 0) is 12.8 Å². The predicted molar refractivity (Wildman–Crippen MR) is 77.2 cm³/mol. The summed E-state index contributed by atoms with van der Waals surface area (Å²) in [5, 5.41) is 15.2. The summed E-state index contributed by atoms with van der Waals surface area (Å²) in [6.45, 7) is 1.17. The summed E-state index contributed by atoms with van der Waals surface area (Å²) < 4.78 is 10.7. The van der Waals surface area contributed by atoms with Crippen LogP contribution in [0.1, 0.15) is 44.9 Å². The minimum Gasteiger partial charge on any atom is -0.409 e. The van der Waals surface area contributed by atoms with Crippen molar-refractivity contribution >= 4 is 11.7 Å². The topological polar surface area (TPSA) is 106 Å². The van der Waals surface area contributed by atoms with E-state index in [-0.39, 0.29) is 18.3 Å². The van der Waals surface area contributed by atoms with E-state index in [1.165, 1.54) is 6.42 Å². The Balaban J connectivity index is 2.08. The van der Waals surface area contributed by atoms with Crippen LogP contribution in [-0.4, -0.2) is 48.4 Å². The molecule has 7 heteroatoms. The van der Waals surface area contributed by atoms with E-state index >= 15 is 0 Å². The highest BCUT2D eigenvalue weighted by Crippen LogP contribution is 2.27. The molecule has 0 aromatic rings. The summed E-state index contributed by atoms with van der Waals surface area (Å²) in [5.74, 6) is -0.170. The molecule has 2 rings (SSSR count). The number of amides is 1. The monoisotopic (exact) mass is 299 g/mol. The Morgan fingerprint density at radius 3 is 2.43 bits per heavy atom. The fourth-order valence-corrected chi connectivity index (χ4v) is 3.01. The van der Waals surface area contributed by atoms with E-state index in [1.807, 2.05) is 0 Å². The molecular weight excluding hydrogens is 274 g/mol. The number of amidine groups is 1. The largest absolute Gasteiger partial charge is 0.409 e. The summed E-state index contributed by atoms with van der Waals surface area (Å²) in [6.07, 6.45) is 6.02. The van der Waals surface area contributed by atoms with E-state index in [9.17, 15) is 4.79 Å². The van der Waals surface area contributed by atoms with Crippen molar-refractivity contribution < 1.29 is 19.5 Å². The lowest BCUT2D eigenvalue weighted by atomic mass is 9.82. The Kier molecular flexibility index (Phi) is 5.81. The SMILES string of the molecule is NC(=NO)C1(NC(=O)C2COCCO2)CCCCCCC1. The minimum absolute atomic E-state index is 0.0782. The van der Waals surface area contributed by atoms with Crippen LogP contribution >= 0.6 is 0 Å². The van der Waals surface area contributed by atoms with Gasteiger partial charge >= 0.3 is 0 Å². The van der Waals surface area contributed by atoms with Crippen LogP contribution < -0.4 is 11.1 Å². The van der Waals surface area contributed by atoms with Crippen molar-refractivity contribution in [2.45, 2.75) is 56.6 Å². The maximum atomic E-state index is 12.4. The molecule has 2 aliphatic rings. The Labute approximate surface area is 124 Å². The molecule has 21 heavy (non-hydrogen) atoms. The van der Waals surface area contributed by atoms with E-state index in [2.05, 4.69) is 10.5 Å². The number of hydrogen-bond donors (Lipinski definition) is 3. The van der Waals surface area contributed by atoms with Crippen molar-refractivity contribution in [3.8, 4) is 0 Å². The van der Waals surface area contributed by atoms with Crippen LogP contribution in [0.2, 0.25) is 0 Å². The lowest BCUT2D eigenvalue weighted by molar-refractivity contribution is -0.148. The van der Waals surface area contributed by atoms with Gasteiger partial charge in [-0.25, -0.2) is 0 Å². The first kappa shape index (κ1) is 16.0. The smallest absolute Gasteiger partial charge is 0.252 e. The van der Waals surface area contributed by atoms with Crippen LogP contribution in [0.25, 0.3) is 0 Å². The first-order valence-electron chi connectivity index (χ1n) is 7.67. The molecule has 1 atom stereocenters. The molecule has 4 N–H and O–H groups in total. The van der Waals surface area contributed by atoms with Crippen LogP contribution in [-0.2, 0) is 14.3 Å². The van der Waals surface area contributed by atoms with Gasteiger partial charge in [0.15, 0.2) is 11.9 Å². The molecule has 0 radical (unpaired) electrons. The fraction of sp³-hybridized carbons (Fsp3) is 0.857. The molecule has 1 aliphatic carbocycles. The van der Waals surface area contributed by atoms with Crippen molar-refractivity contribution in [1.82, 2.24) is 5.32 Å². The second-order valence-electron chi connectivity index (χ2n) is 5.76. The average molecular weight is 299 g/mol. The maximum absolute atomic E-state index is 12.4. The van der Waals surface area contributed by atoms with E-state index in [0.717, 1.165) is 25.7 Å². The molecule has 1 saturated heterocycles. The van der Waals surface area contributed by atoms with Gasteiger partial charge in [-0.3, -0.25) is 4.79 Å². The summed E-state index contributed by atoms with van der Waals surface area (Å²) in [5.41, 5.74) is 5.12. The molecule has 0 aromatic heterocycles. The zero-order valence-corrected chi connectivity index (χ0v) is 12.3. The number of carbonyl (C=O) groups is 1. The Hall–Kier alpha value is -1.34. The van der Waals surface area contributed by atoms with Crippen molar-refractivity contribution in [1.29, 1.82) is 0 Å². The number of carbonyl (C=O) groups excluding carboxylic acids is 1. The highest BCUT2D eigenvalue weighted by molar-refractivity contribution is 5.95. The van der Waals surface area contributed by atoms with E-state index in [0.29, 0.717) is 26.1 Å². The van der Waals surface area contributed by atoms with Crippen LogP contribution in [0.4, 0.5) is 0 Å². The first-order valence-corrected chi connectivity index (χ1v) is 7.67. The standard InChI is InChI=1S/C14H25N3O4/c15-13(17-19)14(6-4-2-1-3-5-7-14)16-12(18)11-10-20-8-9-21-11/h11,19H,1-10H2,(H2,15,17)(H,16,18). The van der Waals surface area contributed by atoms with Crippen LogP contribution in [0.15, 0.2) is 5.16 Å². The van der Waals surface area contributed by atoms with Gasteiger partial charge in [0.05, 0.1) is 19.8 Å². The van der Waals surface area contributed by atoms with Gasteiger partial charge < -0.3 is 25.7 Å². The van der Waals surface area contributed by atoms with Crippen molar-refractivity contribution in [2.24, 2.45) is 10.9 Å². The number of nitrogens with zero attached hydrogens (tertiary/aromatic N) is 1. The van der Waals surface area contributed by atoms with Crippen LogP contribution in [0.3, 0.4) is 0 Å².